The number of aryl methyl sites for hydroxylation is 3. The van der Waals surface area contributed by atoms with E-state index >= 15 is 0 Å². The molecular formula is C20H25Cl2N5O2. The Morgan fingerprint density at radius 2 is 2.03 bits per heavy atom. The highest BCUT2D eigenvalue weighted by molar-refractivity contribution is 6.38. The van der Waals surface area contributed by atoms with Crippen molar-refractivity contribution in [3.8, 4) is 0 Å². The van der Waals surface area contributed by atoms with Crippen molar-refractivity contribution in [2.24, 2.45) is 0 Å². The second-order valence-corrected chi connectivity index (χ2v) is 8.78. The van der Waals surface area contributed by atoms with Gasteiger partial charge in [-0.2, -0.15) is 0 Å². The summed E-state index contributed by atoms with van der Waals surface area (Å²) >= 11 is 12.5. The molecule has 0 fully saturated rings. The van der Waals surface area contributed by atoms with Crippen LogP contribution in [0.2, 0.25) is 10.0 Å². The molecule has 0 aliphatic carbocycles. The number of nitrogens with one attached hydrogen (secondary N) is 2. The van der Waals surface area contributed by atoms with E-state index in [-0.39, 0.29) is 0 Å². The van der Waals surface area contributed by atoms with E-state index in [2.05, 4.69) is 20.6 Å². The number of hydrogen-bond acceptors (Lipinski definition) is 4. The number of nitrogens with zero attached hydrogens (tertiary/aromatic N) is 3. The van der Waals surface area contributed by atoms with Gasteiger partial charge in [0, 0.05) is 47.3 Å². The number of aromatic amines is 1. The van der Waals surface area contributed by atoms with E-state index in [1.165, 1.54) is 0 Å². The number of carbonyl (C=O) groups is 1. The van der Waals surface area contributed by atoms with Gasteiger partial charge in [0.15, 0.2) is 0 Å². The predicted molar refractivity (Wildman–Crippen MR) is 115 cm³/mol. The number of rotatable bonds is 6. The highest BCUT2D eigenvalue weighted by Gasteiger charge is 2.16. The Labute approximate surface area is 179 Å². The van der Waals surface area contributed by atoms with Gasteiger partial charge in [-0.1, -0.05) is 28.4 Å². The van der Waals surface area contributed by atoms with Crippen LogP contribution in [0.5, 0.6) is 0 Å². The minimum absolute atomic E-state index is 0.434. The van der Waals surface area contributed by atoms with Crippen molar-refractivity contribution in [2.75, 3.05) is 6.54 Å². The van der Waals surface area contributed by atoms with Crippen LogP contribution in [0.1, 0.15) is 37.7 Å². The van der Waals surface area contributed by atoms with Crippen LogP contribution in [0.4, 0.5) is 4.79 Å². The number of halogens is 2. The lowest BCUT2D eigenvalue weighted by Crippen LogP contribution is -2.33. The lowest BCUT2D eigenvalue weighted by atomic mass is 10.1. The SMILES string of the molecule is Cc1[nH]c2cc(Cl)cc(Cl)c2c1CCn1cc(CCNC(=O)OC(C)(C)C)nn1. The summed E-state index contributed by atoms with van der Waals surface area (Å²) in [4.78, 5) is 15.0. The molecule has 1 amide bonds. The summed E-state index contributed by atoms with van der Waals surface area (Å²) in [5.74, 6) is 0. The first kappa shape index (κ1) is 21.5. The Morgan fingerprint density at radius 3 is 2.76 bits per heavy atom. The van der Waals surface area contributed by atoms with Crippen molar-refractivity contribution in [3.05, 3.63) is 45.3 Å². The third-order valence-corrected chi connectivity index (χ3v) is 4.87. The predicted octanol–water partition coefficient (Wildman–Crippen LogP) is 4.68. The molecule has 0 radical (unpaired) electrons. The number of hydrogen-bond donors (Lipinski definition) is 2. The molecule has 0 saturated carbocycles. The third kappa shape index (κ3) is 5.64. The minimum atomic E-state index is -0.512. The molecular weight excluding hydrogens is 413 g/mol. The first-order valence-electron chi connectivity index (χ1n) is 9.44. The van der Waals surface area contributed by atoms with Gasteiger partial charge in [-0.15, -0.1) is 5.10 Å². The van der Waals surface area contributed by atoms with Gasteiger partial charge < -0.3 is 15.0 Å². The second kappa shape index (κ2) is 8.63. The van der Waals surface area contributed by atoms with E-state index in [1.807, 2.05) is 40.0 Å². The van der Waals surface area contributed by atoms with Crippen molar-refractivity contribution in [3.63, 3.8) is 0 Å². The lowest BCUT2D eigenvalue weighted by molar-refractivity contribution is 0.0528. The van der Waals surface area contributed by atoms with Gasteiger partial charge in [0.25, 0.3) is 0 Å². The summed E-state index contributed by atoms with van der Waals surface area (Å²) in [5.41, 5.74) is 3.43. The molecule has 2 aromatic heterocycles. The van der Waals surface area contributed by atoms with Gasteiger partial charge in [0.2, 0.25) is 0 Å². The second-order valence-electron chi connectivity index (χ2n) is 7.94. The number of benzene rings is 1. The Bertz CT molecular complexity index is 1020. The molecule has 2 heterocycles. The van der Waals surface area contributed by atoms with Crippen molar-refractivity contribution < 1.29 is 9.53 Å². The van der Waals surface area contributed by atoms with Gasteiger partial charge >= 0.3 is 6.09 Å². The van der Waals surface area contributed by atoms with E-state index in [4.69, 9.17) is 27.9 Å². The summed E-state index contributed by atoms with van der Waals surface area (Å²) in [5, 5.41) is 13.3. The summed E-state index contributed by atoms with van der Waals surface area (Å²) in [6, 6.07) is 3.64. The van der Waals surface area contributed by atoms with Crippen LogP contribution in [0.3, 0.4) is 0 Å². The largest absolute Gasteiger partial charge is 0.444 e. The van der Waals surface area contributed by atoms with Crippen molar-refractivity contribution in [1.82, 2.24) is 25.3 Å². The smallest absolute Gasteiger partial charge is 0.407 e. The molecule has 0 unspecified atom stereocenters. The number of ether oxygens (including phenoxy) is 1. The molecule has 0 aliphatic rings. The average Bonchev–Trinajstić information content (AvgIpc) is 3.15. The maximum absolute atomic E-state index is 11.7. The van der Waals surface area contributed by atoms with Gasteiger partial charge in [0.05, 0.1) is 10.7 Å². The molecule has 0 bridgehead atoms. The monoisotopic (exact) mass is 437 g/mol. The zero-order chi connectivity index (χ0) is 21.2. The van der Waals surface area contributed by atoms with E-state index in [9.17, 15) is 4.79 Å². The quantitative estimate of drug-likeness (QED) is 0.585. The molecule has 29 heavy (non-hydrogen) atoms. The number of H-pyrrole nitrogens is 1. The van der Waals surface area contributed by atoms with Crippen molar-refractivity contribution >= 4 is 40.2 Å². The lowest BCUT2D eigenvalue weighted by Gasteiger charge is -2.19. The van der Waals surface area contributed by atoms with Gasteiger partial charge in [-0.25, -0.2) is 4.79 Å². The molecule has 0 aliphatic heterocycles. The highest BCUT2D eigenvalue weighted by Crippen LogP contribution is 2.32. The van der Waals surface area contributed by atoms with E-state index < -0.39 is 11.7 Å². The van der Waals surface area contributed by atoms with Crippen LogP contribution >= 0.6 is 23.2 Å². The summed E-state index contributed by atoms with van der Waals surface area (Å²) in [7, 11) is 0. The van der Waals surface area contributed by atoms with Crippen LogP contribution in [-0.2, 0) is 24.1 Å². The fourth-order valence-corrected chi connectivity index (χ4v) is 3.76. The van der Waals surface area contributed by atoms with Crippen LogP contribution in [0, 0.1) is 6.92 Å². The molecule has 156 valence electrons. The zero-order valence-electron chi connectivity index (χ0n) is 17.0. The molecule has 1 aromatic carbocycles. The van der Waals surface area contributed by atoms with Gasteiger partial charge in [-0.05, 0) is 51.8 Å². The Morgan fingerprint density at radius 1 is 1.28 bits per heavy atom. The van der Waals surface area contributed by atoms with Crippen LogP contribution in [0.15, 0.2) is 18.3 Å². The normalized spacial score (nSPS) is 11.8. The standard InChI is InChI=1S/C20H25Cl2N5O2/c1-12-15(18-16(22)9-13(21)10-17(18)24-12)6-8-27-11-14(25-26-27)5-7-23-19(28)29-20(2,3)4/h9-11,24H,5-8H2,1-4H3,(H,23,28). The summed E-state index contributed by atoms with van der Waals surface area (Å²) in [6.45, 7) is 8.61. The summed E-state index contributed by atoms with van der Waals surface area (Å²) < 4.78 is 7.01. The summed E-state index contributed by atoms with van der Waals surface area (Å²) in [6.07, 6.45) is 2.79. The zero-order valence-corrected chi connectivity index (χ0v) is 18.5. The Kier molecular flexibility index (Phi) is 6.39. The van der Waals surface area contributed by atoms with Gasteiger partial charge in [-0.3, -0.25) is 4.68 Å². The maximum atomic E-state index is 11.7. The molecule has 9 heteroatoms. The molecule has 7 nitrogen and oxygen atoms in total. The number of alkyl carbamates (subject to hydrolysis) is 1. The van der Waals surface area contributed by atoms with Crippen LogP contribution < -0.4 is 5.32 Å². The third-order valence-electron chi connectivity index (χ3n) is 4.36. The number of carbonyl (C=O) groups excluding carboxylic acids is 1. The van der Waals surface area contributed by atoms with E-state index in [0.29, 0.717) is 29.6 Å². The Hall–Kier alpha value is -2.25. The topological polar surface area (TPSA) is 84.8 Å². The van der Waals surface area contributed by atoms with E-state index in [1.54, 1.807) is 10.7 Å². The average molecular weight is 438 g/mol. The molecule has 3 aromatic rings. The van der Waals surface area contributed by atoms with Crippen molar-refractivity contribution in [2.45, 2.75) is 52.7 Å². The van der Waals surface area contributed by atoms with Gasteiger partial charge in [0.1, 0.15) is 5.60 Å². The number of amides is 1. The first-order valence-corrected chi connectivity index (χ1v) is 10.2. The molecule has 3 rings (SSSR count). The fraction of sp³-hybridized carbons (Fsp3) is 0.450. The molecule has 2 N–H and O–H groups in total. The van der Waals surface area contributed by atoms with E-state index in [0.717, 1.165) is 34.3 Å². The Balaban J connectivity index is 1.57. The number of fused-ring (bicyclic) bond motifs is 1. The van der Waals surface area contributed by atoms with Crippen molar-refractivity contribution in [1.29, 1.82) is 0 Å². The minimum Gasteiger partial charge on any atom is -0.444 e. The van der Waals surface area contributed by atoms with Crippen LogP contribution in [-0.4, -0.2) is 38.2 Å². The number of aromatic nitrogens is 4. The molecule has 0 atom stereocenters. The fourth-order valence-electron chi connectivity index (χ4n) is 3.15. The first-order chi connectivity index (χ1) is 13.6. The van der Waals surface area contributed by atoms with Crippen LogP contribution in [0.25, 0.3) is 10.9 Å². The molecule has 0 spiro atoms. The highest BCUT2D eigenvalue weighted by atomic mass is 35.5. The maximum Gasteiger partial charge on any atom is 0.407 e. The molecule has 0 saturated heterocycles.